The van der Waals surface area contributed by atoms with E-state index in [1.54, 1.807) is 36.7 Å². The van der Waals surface area contributed by atoms with Crippen LogP contribution >= 0.6 is 0 Å². The number of phenolic OH excluding ortho intramolecular Hbond substituents is 1. The van der Waals surface area contributed by atoms with Crippen molar-refractivity contribution in [1.82, 2.24) is 0 Å². The molecule has 0 saturated heterocycles. The fourth-order valence-corrected chi connectivity index (χ4v) is 1.62. The van der Waals surface area contributed by atoms with E-state index in [2.05, 4.69) is 10.2 Å². The average molecular weight is 267 g/mol. The van der Waals surface area contributed by atoms with Crippen LogP contribution in [0.25, 0.3) is 0 Å². The van der Waals surface area contributed by atoms with E-state index in [-0.39, 0.29) is 5.75 Å². The van der Waals surface area contributed by atoms with Crippen molar-refractivity contribution in [2.75, 3.05) is 19.0 Å². The van der Waals surface area contributed by atoms with E-state index in [0.29, 0.717) is 0 Å². The topological polar surface area (TPSA) is 48.2 Å². The van der Waals surface area contributed by atoms with Gasteiger partial charge in [-0.1, -0.05) is 12.1 Å². The first kappa shape index (κ1) is 13.8. The Morgan fingerprint density at radius 1 is 0.800 bits per heavy atom. The molecule has 0 heterocycles. The van der Waals surface area contributed by atoms with Crippen molar-refractivity contribution in [3.05, 3.63) is 59.7 Å². The minimum Gasteiger partial charge on any atom is -0.508 e. The van der Waals surface area contributed by atoms with E-state index in [0.717, 1.165) is 16.8 Å². The first-order valence-corrected chi connectivity index (χ1v) is 6.28. The summed E-state index contributed by atoms with van der Waals surface area (Å²) >= 11 is 0. The molecule has 4 heteroatoms. The number of aromatic hydroxyl groups is 1. The smallest absolute Gasteiger partial charge is 0.115 e. The maximum absolute atomic E-state index is 9.16. The highest BCUT2D eigenvalue weighted by atomic mass is 16.3. The number of nitrogens with zero attached hydrogens (tertiary/aromatic N) is 3. The van der Waals surface area contributed by atoms with Gasteiger partial charge in [-0.3, -0.25) is 0 Å². The van der Waals surface area contributed by atoms with Gasteiger partial charge in [-0.05, 0) is 47.5 Å². The maximum atomic E-state index is 9.16. The molecule has 20 heavy (non-hydrogen) atoms. The number of rotatable bonds is 4. The second kappa shape index (κ2) is 6.52. The normalized spacial score (nSPS) is 11.3. The van der Waals surface area contributed by atoms with E-state index >= 15 is 0 Å². The summed E-state index contributed by atoms with van der Waals surface area (Å²) in [6.07, 6.45) is 3.35. The van der Waals surface area contributed by atoms with Crippen LogP contribution in [0.4, 0.5) is 5.69 Å². The molecule has 0 spiro atoms. The third-order valence-corrected chi connectivity index (χ3v) is 2.78. The highest BCUT2D eigenvalue weighted by molar-refractivity contribution is 5.83. The molecule has 0 aliphatic rings. The first-order chi connectivity index (χ1) is 9.65. The van der Waals surface area contributed by atoms with Crippen molar-refractivity contribution in [3.63, 3.8) is 0 Å². The third kappa shape index (κ3) is 3.95. The van der Waals surface area contributed by atoms with Gasteiger partial charge in [-0.2, -0.15) is 10.2 Å². The zero-order valence-electron chi connectivity index (χ0n) is 11.6. The molecule has 4 nitrogen and oxygen atoms in total. The molecule has 0 amide bonds. The molecule has 102 valence electrons. The quantitative estimate of drug-likeness (QED) is 0.684. The largest absolute Gasteiger partial charge is 0.508 e. The first-order valence-electron chi connectivity index (χ1n) is 6.28. The van der Waals surface area contributed by atoms with E-state index in [9.17, 15) is 0 Å². The summed E-state index contributed by atoms with van der Waals surface area (Å²) in [7, 11) is 4.01. The average Bonchev–Trinajstić information content (AvgIpc) is 2.46. The van der Waals surface area contributed by atoms with Crippen LogP contribution in [0.3, 0.4) is 0 Å². The molecule has 1 N–H and O–H groups in total. The minimum atomic E-state index is 0.242. The number of anilines is 1. The Kier molecular flexibility index (Phi) is 4.50. The lowest BCUT2D eigenvalue weighted by molar-refractivity contribution is 0.475. The number of hydrogen-bond acceptors (Lipinski definition) is 4. The van der Waals surface area contributed by atoms with Crippen LogP contribution in [0, 0.1) is 0 Å². The Labute approximate surface area is 118 Å². The maximum Gasteiger partial charge on any atom is 0.115 e. The number of benzene rings is 2. The van der Waals surface area contributed by atoms with E-state index in [1.165, 1.54) is 0 Å². The predicted molar refractivity (Wildman–Crippen MR) is 84.1 cm³/mol. The van der Waals surface area contributed by atoms with Crippen LogP contribution in [0.15, 0.2) is 58.7 Å². The van der Waals surface area contributed by atoms with Gasteiger partial charge in [-0.25, -0.2) is 0 Å². The zero-order chi connectivity index (χ0) is 14.4. The van der Waals surface area contributed by atoms with Gasteiger partial charge in [0.1, 0.15) is 5.75 Å². The van der Waals surface area contributed by atoms with Crippen LogP contribution in [0.5, 0.6) is 5.75 Å². The minimum absolute atomic E-state index is 0.242. The van der Waals surface area contributed by atoms with Gasteiger partial charge in [-0.15, -0.1) is 0 Å². The van der Waals surface area contributed by atoms with E-state index in [1.807, 2.05) is 43.3 Å². The van der Waals surface area contributed by atoms with Crippen LogP contribution in [-0.2, 0) is 0 Å². The summed E-state index contributed by atoms with van der Waals surface area (Å²) < 4.78 is 0. The molecule has 0 atom stereocenters. The number of phenols is 1. The van der Waals surface area contributed by atoms with Gasteiger partial charge in [0.05, 0.1) is 12.4 Å². The van der Waals surface area contributed by atoms with E-state index < -0.39 is 0 Å². The monoisotopic (exact) mass is 267 g/mol. The summed E-state index contributed by atoms with van der Waals surface area (Å²) in [6.45, 7) is 0. The summed E-state index contributed by atoms with van der Waals surface area (Å²) in [5.41, 5.74) is 3.04. The van der Waals surface area contributed by atoms with Crippen molar-refractivity contribution in [2.45, 2.75) is 0 Å². The second-order valence-electron chi connectivity index (χ2n) is 4.57. The highest BCUT2D eigenvalue weighted by Gasteiger charge is 1.93. The van der Waals surface area contributed by atoms with Crippen LogP contribution in [0.1, 0.15) is 11.1 Å². The van der Waals surface area contributed by atoms with Gasteiger partial charge < -0.3 is 10.0 Å². The SMILES string of the molecule is CN(C)c1ccc(/C=N/N=C/c2ccc(O)cc2)cc1. The molecular weight excluding hydrogens is 250 g/mol. The van der Waals surface area contributed by atoms with Crippen molar-refractivity contribution in [2.24, 2.45) is 10.2 Å². The molecule has 2 aromatic rings. The molecule has 2 aromatic carbocycles. The Morgan fingerprint density at radius 2 is 1.25 bits per heavy atom. The van der Waals surface area contributed by atoms with Crippen molar-refractivity contribution >= 4 is 18.1 Å². The molecule has 0 aliphatic carbocycles. The Bertz CT molecular complexity index is 599. The molecule has 0 saturated carbocycles. The molecule has 0 radical (unpaired) electrons. The molecule has 0 bridgehead atoms. The summed E-state index contributed by atoms with van der Waals surface area (Å²) in [5, 5.41) is 17.1. The Hall–Kier alpha value is -2.62. The molecule has 0 unspecified atom stereocenters. The van der Waals surface area contributed by atoms with Gasteiger partial charge in [0.15, 0.2) is 0 Å². The van der Waals surface area contributed by atoms with Crippen LogP contribution < -0.4 is 4.90 Å². The second-order valence-corrected chi connectivity index (χ2v) is 4.57. The lowest BCUT2D eigenvalue weighted by Gasteiger charge is -2.11. The van der Waals surface area contributed by atoms with Crippen LogP contribution in [0.2, 0.25) is 0 Å². The zero-order valence-corrected chi connectivity index (χ0v) is 11.6. The van der Waals surface area contributed by atoms with Gasteiger partial charge in [0, 0.05) is 19.8 Å². The standard InChI is InChI=1S/C16H17N3O/c1-19(2)15-7-3-13(4-8-15)11-17-18-12-14-5-9-16(20)10-6-14/h3-12,20H,1-2H3/b17-11+,18-12+. The van der Waals surface area contributed by atoms with Gasteiger partial charge in [0.25, 0.3) is 0 Å². The lowest BCUT2D eigenvalue weighted by atomic mass is 10.2. The summed E-state index contributed by atoms with van der Waals surface area (Å²) in [6, 6.07) is 14.8. The van der Waals surface area contributed by atoms with Crippen molar-refractivity contribution < 1.29 is 5.11 Å². The lowest BCUT2D eigenvalue weighted by Crippen LogP contribution is -2.08. The Balaban J connectivity index is 1.97. The van der Waals surface area contributed by atoms with Crippen molar-refractivity contribution in [1.29, 1.82) is 0 Å². The predicted octanol–water partition coefficient (Wildman–Crippen LogP) is 2.91. The fourth-order valence-electron chi connectivity index (χ4n) is 1.62. The molecule has 2 rings (SSSR count). The van der Waals surface area contributed by atoms with Crippen molar-refractivity contribution in [3.8, 4) is 5.75 Å². The molecule has 0 fully saturated rings. The van der Waals surface area contributed by atoms with Gasteiger partial charge in [0.2, 0.25) is 0 Å². The van der Waals surface area contributed by atoms with Crippen LogP contribution in [-0.4, -0.2) is 31.6 Å². The summed E-state index contributed by atoms with van der Waals surface area (Å²) in [5.74, 6) is 0.242. The molecular formula is C16H17N3O. The third-order valence-electron chi connectivity index (χ3n) is 2.78. The highest BCUT2D eigenvalue weighted by Crippen LogP contribution is 2.11. The Morgan fingerprint density at radius 3 is 1.70 bits per heavy atom. The van der Waals surface area contributed by atoms with Gasteiger partial charge >= 0.3 is 0 Å². The fraction of sp³-hybridized carbons (Fsp3) is 0.125. The molecule has 0 aromatic heterocycles. The summed E-state index contributed by atoms with van der Waals surface area (Å²) in [4.78, 5) is 2.05. The number of hydrogen-bond donors (Lipinski definition) is 1. The molecule has 0 aliphatic heterocycles. The van der Waals surface area contributed by atoms with E-state index in [4.69, 9.17) is 5.11 Å².